The predicted octanol–water partition coefficient (Wildman–Crippen LogP) is 3.38. The highest BCUT2D eigenvalue weighted by molar-refractivity contribution is 6.30. The molecule has 2 heterocycles. The van der Waals surface area contributed by atoms with Crippen LogP contribution in [0, 0.1) is 5.82 Å². The summed E-state index contributed by atoms with van der Waals surface area (Å²) in [5.74, 6) is 0.480. The van der Waals surface area contributed by atoms with Crippen LogP contribution < -0.4 is 10.1 Å². The Bertz CT molecular complexity index is 968. The fourth-order valence-electron chi connectivity index (χ4n) is 4.74. The SMILES string of the molecule is C[C@H]1CN(C(=O)COc2ccc(Cl)cc2CN2CCNCC2)[C@@H](C)CN1Cc1ccc(F)cc1. The predicted molar refractivity (Wildman–Crippen MR) is 133 cm³/mol. The van der Waals surface area contributed by atoms with Crippen molar-refractivity contribution in [3.8, 4) is 5.75 Å². The highest BCUT2D eigenvalue weighted by atomic mass is 35.5. The van der Waals surface area contributed by atoms with Gasteiger partial charge in [0, 0.05) is 75.0 Å². The maximum atomic E-state index is 13.2. The van der Waals surface area contributed by atoms with Crippen molar-refractivity contribution in [3.05, 3.63) is 64.4 Å². The molecule has 2 aliphatic rings. The van der Waals surface area contributed by atoms with E-state index in [1.807, 2.05) is 35.2 Å². The fraction of sp³-hybridized carbons (Fsp3) is 0.500. The topological polar surface area (TPSA) is 48.1 Å². The molecule has 1 amide bonds. The lowest BCUT2D eigenvalue weighted by Crippen LogP contribution is -2.58. The molecule has 0 radical (unpaired) electrons. The Morgan fingerprint density at radius 2 is 1.79 bits per heavy atom. The van der Waals surface area contributed by atoms with Gasteiger partial charge in [-0.2, -0.15) is 0 Å². The summed E-state index contributed by atoms with van der Waals surface area (Å²) in [6, 6.07) is 12.5. The highest BCUT2D eigenvalue weighted by Gasteiger charge is 2.32. The van der Waals surface area contributed by atoms with E-state index < -0.39 is 0 Å². The lowest BCUT2D eigenvalue weighted by Gasteiger charge is -2.44. The molecule has 0 aromatic heterocycles. The second kappa shape index (κ2) is 11.5. The zero-order valence-electron chi connectivity index (χ0n) is 20.0. The quantitative estimate of drug-likeness (QED) is 0.647. The third-order valence-corrected chi connectivity index (χ3v) is 6.95. The lowest BCUT2D eigenvalue weighted by molar-refractivity contribution is -0.139. The molecule has 34 heavy (non-hydrogen) atoms. The van der Waals surface area contributed by atoms with Crippen molar-refractivity contribution < 1.29 is 13.9 Å². The van der Waals surface area contributed by atoms with Gasteiger partial charge in [-0.05, 0) is 49.7 Å². The number of hydrogen-bond donors (Lipinski definition) is 1. The average molecular weight is 489 g/mol. The van der Waals surface area contributed by atoms with Crippen LogP contribution in [0.15, 0.2) is 42.5 Å². The van der Waals surface area contributed by atoms with Crippen molar-refractivity contribution in [2.24, 2.45) is 0 Å². The Morgan fingerprint density at radius 3 is 2.53 bits per heavy atom. The molecule has 2 aromatic rings. The van der Waals surface area contributed by atoms with E-state index in [-0.39, 0.29) is 30.4 Å². The molecule has 0 bridgehead atoms. The molecule has 0 aliphatic carbocycles. The van der Waals surface area contributed by atoms with Crippen molar-refractivity contribution in [1.82, 2.24) is 20.0 Å². The van der Waals surface area contributed by atoms with Crippen molar-refractivity contribution in [1.29, 1.82) is 0 Å². The first kappa shape index (κ1) is 24.9. The molecule has 6 nitrogen and oxygen atoms in total. The van der Waals surface area contributed by atoms with Crippen LogP contribution in [-0.4, -0.2) is 78.6 Å². The Hall–Kier alpha value is -2.19. The molecule has 0 spiro atoms. The number of piperazine rings is 2. The number of carbonyl (C=O) groups is 1. The molecule has 1 N–H and O–H groups in total. The monoisotopic (exact) mass is 488 g/mol. The summed E-state index contributed by atoms with van der Waals surface area (Å²) in [6.07, 6.45) is 0. The van der Waals surface area contributed by atoms with Gasteiger partial charge in [0.25, 0.3) is 5.91 Å². The number of carbonyl (C=O) groups excluding carboxylic acids is 1. The molecular weight excluding hydrogens is 455 g/mol. The van der Waals surface area contributed by atoms with Gasteiger partial charge < -0.3 is 15.0 Å². The number of nitrogens with one attached hydrogen (secondary N) is 1. The molecule has 0 saturated carbocycles. The van der Waals surface area contributed by atoms with Crippen molar-refractivity contribution in [3.63, 3.8) is 0 Å². The minimum absolute atomic E-state index is 0.00517. The first-order chi connectivity index (χ1) is 16.4. The summed E-state index contributed by atoms with van der Waals surface area (Å²) >= 11 is 6.25. The van der Waals surface area contributed by atoms with E-state index in [0.29, 0.717) is 17.3 Å². The van der Waals surface area contributed by atoms with Crippen LogP contribution in [0.25, 0.3) is 0 Å². The van der Waals surface area contributed by atoms with Gasteiger partial charge in [0.05, 0.1) is 0 Å². The second-order valence-corrected chi connectivity index (χ2v) is 9.80. The molecule has 2 saturated heterocycles. The normalized spacial score (nSPS) is 22.1. The van der Waals surface area contributed by atoms with E-state index in [1.165, 1.54) is 12.1 Å². The van der Waals surface area contributed by atoms with Crippen LogP contribution in [0.2, 0.25) is 5.02 Å². The number of benzene rings is 2. The van der Waals surface area contributed by atoms with Crippen LogP contribution in [0.4, 0.5) is 4.39 Å². The number of rotatable bonds is 7. The standard InChI is InChI=1S/C26H34ClFN4O2/c1-19-15-32(20(2)14-31(19)16-21-3-6-24(28)7-4-21)26(33)18-34-25-8-5-23(27)13-22(25)17-30-11-9-29-10-12-30/h3-8,13,19-20,29H,9-12,14-18H2,1-2H3/t19-,20-/m0/s1. The molecule has 2 aliphatic heterocycles. The molecule has 2 atom stereocenters. The van der Waals surface area contributed by atoms with Crippen molar-refractivity contribution in [2.45, 2.75) is 39.0 Å². The zero-order chi connectivity index (χ0) is 24.1. The summed E-state index contributed by atoms with van der Waals surface area (Å²) in [4.78, 5) is 19.7. The smallest absolute Gasteiger partial charge is 0.260 e. The summed E-state index contributed by atoms with van der Waals surface area (Å²) in [7, 11) is 0. The lowest BCUT2D eigenvalue weighted by atomic mass is 10.1. The molecule has 8 heteroatoms. The summed E-state index contributed by atoms with van der Waals surface area (Å²) in [5.41, 5.74) is 2.08. The van der Waals surface area contributed by atoms with Crippen LogP contribution >= 0.6 is 11.6 Å². The van der Waals surface area contributed by atoms with E-state index >= 15 is 0 Å². The largest absolute Gasteiger partial charge is 0.483 e. The van der Waals surface area contributed by atoms with Crippen LogP contribution in [0.1, 0.15) is 25.0 Å². The fourth-order valence-corrected chi connectivity index (χ4v) is 4.93. The zero-order valence-corrected chi connectivity index (χ0v) is 20.7. The van der Waals surface area contributed by atoms with E-state index in [4.69, 9.17) is 16.3 Å². The van der Waals surface area contributed by atoms with Gasteiger partial charge in [-0.3, -0.25) is 14.6 Å². The van der Waals surface area contributed by atoms with Gasteiger partial charge in [0.2, 0.25) is 0 Å². The Morgan fingerprint density at radius 1 is 1.06 bits per heavy atom. The minimum atomic E-state index is -0.225. The van der Waals surface area contributed by atoms with Gasteiger partial charge in [0.1, 0.15) is 11.6 Å². The maximum Gasteiger partial charge on any atom is 0.260 e. The van der Waals surface area contributed by atoms with Crippen LogP contribution in [0.3, 0.4) is 0 Å². The van der Waals surface area contributed by atoms with Crippen LogP contribution in [-0.2, 0) is 17.9 Å². The van der Waals surface area contributed by atoms with Crippen molar-refractivity contribution >= 4 is 17.5 Å². The van der Waals surface area contributed by atoms with E-state index in [2.05, 4.69) is 29.0 Å². The number of nitrogens with zero attached hydrogens (tertiary/aromatic N) is 3. The molecular formula is C26H34ClFN4O2. The van der Waals surface area contributed by atoms with Gasteiger partial charge >= 0.3 is 0 Å². The third-order valence-electron chi connectivity index (χ3n) is 6.71. The van der Waals surface area contributed by atoms with Crippen LogP contribution in [0.5, 0.6) is 5.75 Å². The number of halogens is 2. The average Bonchev–Trinajstić information content (AvgIpc) is 2.82. The molecule has 4 rings (SSSR count). The Labute approximate surface area is 206 Å². The van der Waals surface area contributed by atoms with Gasteiger partial charge in [-0.25, -0.2) is 4.39 Å². The Kier molecular flexibility index (Phi) is 8.42. The van der Waals surface area contributed by atoms with E-state index in [0.717, 1.165) is 56.9 Å². The first-order valence-corrected chi connectivity index (χ1v) is 12.4. The van der Waals surface area contributed by atoms with Gasteiger partial charge in [-0.15, -0.1) is 0 Å². The second-order valence-electron chi connectivity index (χ2n) is 9.37. The first-order valence-electron chi connectivity index (χ1n) is 12.0. The summed E-state index contributed by atoms with van der Waals surface area (Å²) in [5, 5.41) is 4.03. The number of hydrogen-bond acceptors (Lipinski definition) is 5. The summed E-state index contributed by atoms with van der Waals surface area (Å²) in [6.45, 7) is 11.0. The molecule has 2 fully saturated rings. The van der Waals surface area contributed by atoms with E-state index in [9.17, 15) is 9.18 Å². The van der Waals surface area contributed by atoms with E-state index in [1.54, 1.807) is 0 Å². The Balaban J connectivity index is 1.34. The molecule has 2 aromatic carbocycles. The molecule has 0 unspecified atom stereocenters. The van der Waals surface area contributed by atoms with Gasteiger partial charge in [-0.1, -0.05) is 23.7 Å². The third kappa shape index (κ3) is 6.48. The summed E-state index contributed by atoms with van der Waals surface area (Å²) < 4.78 is 19.2. The van der Waals surface area contributed by atoms with Gasteiger partial charge in [0.15, 0.2) is 6.61 Å². The highest BCUT2D eigenvalue weighted by Crippen LogP contribution is 2.25. The number of amides is 1. The maximum absolute atomic E-state index is 13.2. The van der Waals surface area contributed by atoms with Crippen molar-refractivity contribution in [2.75, 3.05) is 45.9 Å². The number of ether oxygens (including phenoxy) is 1. The molecule has 184 valence electrons. The minimum Gasteiger partial charge on any atom is -0.483 e.